The van der Waals surface area contributed by atoms with Gasteiger partial charge in [0.2, 0.25) is 0 Å². The van der Waals surface area contributed by atoms with Crippen LogP contribution in [0.5, 0.6) is 0 Å². The van der Waals surface area contributed by atoms with E-state index in [0.29, 0.717) is 5.82 Å². The van der Waals surface area contributed by atoms with Gasteiger partial charge >= 0.3 is 5.97 Å². The standard InChI is InChI=1S/C8H5ClN4O2/c9-6-2-11-7(3-10-6)13-4-5(1-12-13)8(14)15/h1-4H,(H,14,15). The molecule has 15 heavy (non-hydrogen) atoms. The topological polar surface area (TPSA) is 80.9 Å². The number of carboxylic acids is 1. The van der Waals surface area contributed by atoms with Gasteiger partial charge in [0.15, 0.2) is 5.82 Å². The molecule has 0 aromatic carbocycles. The second-order valence-corrected chi connectivity index (χ2v) is 3.06. The van der Waals surface area contributed by atoms with Gasteiger partial charge in [0.25, 0.3) is 0 Å². The summed E-state index contributed by atoms with van der Waals surface area (Å²) in [6.07, 6.45) is 5.35. The first-order valence-electron chi connectivity index (χ1n) is 3.93. The van der Waals surface area contributed by atoms with E-state index in [1.807, 2.05) is 0 Å². The molecule has 76 valence electrons. The Morgan fingerprint density at radius 2 is 2.13 bits per heavy atom. The number of nitrogens with zero attached hydrogens (tertiary/aromatic N) is 4. The van der Waals surface area contributed by atoms with Crippen LogP contribution in [-0.2, 0) is 0 Å². The number of aromatic carboxylic acids is 1. The molecule has 2 heterocycles. The Bertz CT molecular complexity index is 494. The van der Waals surface area contributed by atoms with Crippen LogP contribution in [0.1, 0.15) is 10.4 Å². The van der Waals surface area contributed by atoms with E-state index >= 15 is 0 Å². The first kappa shape index (κ1) is 9.60. The molecule has 0 fully saturated rings. The van der Waals surface area contributed by atoms with Crippen molar-refractivity contribution in [1.29, 1.82) is 0 Å². The Balaban J connectivity index is 2.37. The molecule has 2 aromatic heterocycles. The van der Waals surface area contributed by atoms with Gasteiger partial charge in [-0.1, -0.05) is 11.6 Å². The Morgan fingerprint density at radius 3 is 2.67 bits per heavy atom. The highest BCUT2D eigenvalue weighted by molar-refractivity contribution is 6.29. The third-order valence-corrected chi connectivity index (χ3v) is 1.87. The van der Waals surface area contributed by atoms with E-state index < -0.39 is 5.97 Å². The molecule has 0 unspecified atom stereocenters. The zero-order valence-electron chi connectivity index (χ0n) is 7.33. The lowest BCUT2D eigenvalue weighted by Gasteiger charge is -1.97. The third-order valence-electron chi connectivity index (χ3n) is 1.67. The average Bonchev–Trinajstić information content (AvgIpc) is 2.68. The Kier molecular flexibility index (Phi) is 2.34. The van der Waals surface area contributed by atoms with Crippen molar-refractivity contribution in [1.82, 2.24) is 19.7 Å². The predicted octanol–water partition coefficient (Wildman–Crippen LogP) is 1.01. The zero-order chi connectivity index (χ0) is 10.8. The fourth-order valence-electron chi connectivity index (χ4n) is 0.982. The smallest absolute Gasteiger partial charge is 0.338 e. The van der Waals surface area contributed by atoms with Gasteiger partial charge in [-0.15, -0.1) is 0 Å². The van der Waals surface area contributed by atoms with E-state index in [-0.39, 0.29) is 10.7 Å². The van der Waals surface area contributed by atoms with Crippen molar-refractivity contribution < 1.29 is 9.90 Å². The summed E-state index contributed by atoms with van der Waals surface area (Å²) in [7, 11) is 0. The molecular formula is C8H5ClN4O2. The summed E-state index contributed by atoms with van der Waals surface area (Å²) in [4.78, 5) is 18.3. The van der Waals surface area contributed by atoms with Crippen molar-refractivity contribution in [2.75, 3.05) is 0 Å². The largest absolute Gasteiger partial charge is 0.478 e. The maximum atomic E-state index is 10.6. The minimum atomic E-state index is -1.04. The summed E-state index contributed by atoms with van der Waals surface area (Å²) >= 11 is 5.56. The zero-order valence-corrected chi connectivity index (χ0v) is 8.09. The van der Waals surface area contributed by atoms with Gasteiger partial charge < -0.3 is 5.11 Å². The molecule has 0 atom stereocenters. The van der Waals surface area contributed by atoms with Crippen molar-refractivity contribution in [3.8, 4) is 5.82 Å². The highest BCUT2D eigenvalue weighted by Gasteiger charge is 2.07. The van der Waals surface area contributed by atoms with E-state index in [1.165, 1.54) is 29.5 Å². The summed E-state index contributed by atoms with van der Waals surface area (Å²) in [6, 6.07) is 0. The van der Waals surface area contributed by atoms with Crippen LogP contribution in [0.25, 0.3) is 5.82 Å². The summed E-state index contributed by atoms with van der Waals surface area (Å²) in [5, 5.41) is 12.8. The van der Waals surface area contributed by atoms with Crippen molar-refractivity contribution in [2.45, 2.75) is 0 Å². The first-order chi connectivity index (χ1) is 7.16. The minimum Gasteiger partial charge on any atom is -0.478 e. The summed E-state index contributed by atoms with van der Waals surface area (Å²) in [5.74, 6) is -0.630. The Labute approximate surface area is 89.2 Å². The summed E-state index contributed by atoms with van der Waals surface area (Å²) in [5.41, 5.74) is 0.0896. The van der Waals surface area contributed by atoms with Gasteiger partial charge in [0, 0.05) is 6.20 Å². The number of aromatic nitrogens is 4. The Morgan fingerprint density at radius 1 is 1.33 bits per heavy atom. The lowest BCUT2D eigenvalue weighted by molar-refractivity contribution is 0.0697. The molecule has 0 amide bonds. The van der Waals surface area contributed by atoms with Crippen molar-refractivity contribution in [2.24, 2.45) is 0 Å². The van der Waals surface area contributed by atoms with Crippen LogP contribution >= 0.6 is 11.6 Å². The number of carbonyl (C=O) groups is 1. The molecule has 6 nitrogen and oxygen atoms in total. The lowest BCUT2D eigenvalue weighted by Crippen LogP contribution is -1.99. The van der Waals surface area contributed by atoms with Gasteiger partial charge in [0.1, 0.15) is 5.15 Å². The lowest BCUT2D eigenvalue weighted by atomic mass is 10.4. The van der Waals surface area contributed by atoms with E-state index in [9.17, 15) is 4.79 Å². The number of carboxylic acid groups (broad SMARTS) is 1. The molecule has 1 N–H and O–H groups in total. The van der Waals surface area contributed by atoms with Crippen LogP contribution in [0.4, 0.5) is 0 Å². The normalized spacial score (nSPS) is 10.2. The molecule has 0 aliphatic rings. The predicted molar refractivity (Wildman–Crippen MR) is 51.1 cm³/mol. The molecule has 0 saturated heterocycles. The monoisotopic (exact) mass is 224 g/mol. The van der Waals surface area contributed by atoms with Gasteiger partial charge in [-0.3, -0.25) is 0 Å². The second kappa shape index (κ2) is 3.66. The van der Waals surface area contributed by atoms with E-state index in [1.54, 1.807) is 0 Å². The molecule has 0 spiro atoms. The van der Waals surface area contributed by atoms with E-state index in [4.69, 9.17) is 16.7 Å². The third kappa shape index (κ3) is 1.94. The van der Waals surface area contributed by atoms with E-state index in [0.717, 1.165) is 0 Å². The second-order valence-electron chi connectivity index (χ2n) is 2.68. The van der Waals surface area contributed by atoms with Crippen LogP contribution in [0.2, 0.25) is 5.15 Å². The number of hydrogen-bond acceptors (Lipinski definition) is 4. The molecule has 0 aliphatic heterocycles. The van der Waals surface area contributed by atoms with Crippen LogP contribution in [0, 0.1) is 0 Å². The Hall–Kier alpha value is -1.95. The number of halogens is 1. The summed E-state index contributed by atoms with van der Waals surface area (Å²) < 4.78 is 1.31. The molecule has 0 bridgehead atoms. The van der Waals surface area contributed by atoms with Gasteiger partial charge in [-0.25, -0.2) is 19.4 Å². The fourth-order valence-corrected chi connectivity index (χ4v) is 1.08. The number of hydrogen-bond donors (Lipinski definition) is 1. The van der Waals surface area contributed by atoms with Crippen LogP contribution in [0.15, 0.2) is 24.8 Å². The molecule has 0 aliphatic carbocycles. The maximum Gasteiger partial charge on any atom is 0.338 e. The molecule has 2 rings (SSSR count). The highest BCUT2D eigenvalue weighted by atomic mass is 35.5. The van der Waals surface area contributed by atoms with Gasteiger partial charge in [0.05, 0.1) is 24.2 Å². The van der Waals surface area contributed by atoms with Crippen molar-refractivity contribution in [3.63, 3.8) is 0 Å². The van der Waals surface area contributed by atoms with Crippen molar-refractivity contribution in [3.05, 3.63) is 35.5 Å². The quantitative estimate of drug-likeness (QED) is 0.824. The molecule has 7 heteroatoms. The van der Waals surface area contributed by atoms with E-state index in [2.05, 4.69) is 15.1 Å². The minimum absolute atomic E-state index is 0.0896. The maximum absolute atomic E-state index is 10.6. The average molecular weight is 225 g/mol. The molecule has 2 aromatic rings. The van der Waals surface area contributed by atoms with Crippen molar-refractivity contribution >= 4 is 17.6 Å². The van der Waals surface area contributed by atoms with Gasteiger partial charge in [-0.2, -0.15) is 5.10 Å². The SMILES string of the molecule is O=C(O)c1cnn(-c2cnc(Cl)cn2)c1. The molecule has 0 radical (unpaired) electrons. The van der Waals surface area contributed by atoms with Crippen LogP contribution in [0.3, 0.4) is 0 Å². The first-order valence-corrected chi connectivity index (χ1v) is 4.30. The van der Waals surface area contributed by atoms with Gasteiger partial charge in [-0.05, 0) is 0 Å². The van der Waals surface area contributed by atoms with Crippen LogP contribution < -0.4 is 0 Å². The van der Waals surface area contributed by atoms with Crippen LogP contribution in [-0.4, -0.2) is 30.8 Å². The number of rotatable bonds is 2. The fraction of sp³-hybridized carbons (Fsp3) is 0. The highest BCUT2D eigenvalue weighted by Crippen LogP contribution is 2.06. The summed E-state index contributed by atoms with van der Waals surface area (Å²) in [6.45, 7) is 0. The molecule has 0 saturated carbocycles. The molecular weight excluding hydrogens is 220 g/mol.